The van der Waals surface area contributed by atoms with E-state index in [-0.39, 0.29) is 17.4 Å². The third kappa shape index (κ3) is 4.06. The number of rotatable bonds is 5. The largest absolute Gasteiger partial charge is 0.483 e. The second-order valence-corrected chi connectivity index (χ2v) is 10.3. The Hall–Kier alpha value is -2.62. The second kappa shape index (κ2) is 7.96. The van der Waals surface area contributed by atoms with Crippen LogP contribution in [-0.2, 0) is 23.8 Å². The molecule has 2 aliphatic heterocycles. The predicted octanol–water partition coefficient (Wildman–Crippen LogP) is 3.02. The van der Waals surface area contributed by atoms with Gasteiger partial charge in [0, 0.05) is 23.1 Å². The van der Waals surface area contributed by atoms with Gasteiger partial charge in [-0.05, 0) is 53.7 Å². The first kappa shape index (κ1) is 24.5. The van der Waals surface area contributed by atoms with E-state index in [2.05, 4.69) is 0 Å². The SMILES string of the molecule is CC(Cl)C(C)(O)C(=O)OC1c2cc3ccc(=O)oc3cc2OC(C)(C)C1OC(=O)C1(C)OC1C. The summed E-state index contributed by atoms with van der Waals surface area (Å²) in [6, 6.07) is 5.95. The van der Waals surface area contributed by atoms with Crippen molar-refractivity contribution < 1.29 is 38.1 Å². The number of benzene rings is 1. The number of aliphatic hydroxyl groups is 1. The van der Waals surface area contributed by atoms with Gasteiger partial charge < -0.3 is 28.5 Å². The molecule has 0 saturated carbocycles. The lowest BCUT2D eigenvalue weighted by atomic mass is 9.87. The summed E-state index contributed by atoms with van der Waals surface area (Å²) in [4.78, 5) is 37.6. The molecular weight excluding hydrogens is 468 g/mol. The zero-order chi connectivity index (χ0) is 25.2. The minimum absolute atomic E-state index is 0.275. The molecule has 1 aromatic carbocycles. The van der Waals surface area contributed by atoms with E-state index in [0.29, 0.717) is 10.9 Å². The fraction of sp³-hybridized carbons (Fsp3) is 0.542. The molecule has 4 rings (SSSR count). The molecule has 10 heteroatoms. The normalized spacial score (nSPS) is 29.8. The lowest BCUT2D eigenvalue weighted by molar-refractivity contribution is -0.201. The van der Waals surface area contributed by atoms with Gasteiger partial charge in [0.15, 0.2) is 23.4 Å². The molecule has 0 bridgehead atoms. The van der Waals surface area contributed by atoms with Crippen molar-refractivity contribution in [1.29, 1.82) is 0 Å². The molecule has 34 heavy (non-hydrogen) atoms. The maximum absolute atomic E-state index is 13.0. The van der Waals surface area contributed by atoms with Crippen molar-refractivity contribution in [3.63, 3.8) is 0 Å². The lowest BCUT2D eigenvalue weighted by Crippen LogP contribution is -2.54. The van der Waals surface area contributed by atoms with Crippen molar-refractivity contribution in [2.24, 2.45) is 0 Å². The molecular formula is C24H27ClO9. The summed E-state index contributed by atoms with van der Waals surface area (Å²) in [7, 11) is 0. The number of epoxide rings is 1. The number of carbonyl (C=O) groups is 2. The average molecular weight is 495 g/mol. The van der Waals surface area contributed by atoms with Crippen molar-refractivity contribution in [1.82, 2.24) is 0 Å². The Balaban J connectivity index is 1.81. The topological polar surface area (TPSA) is 125 Å². The first-order valence-corrected chi connectivity index (χ1v) is 11.3. The van der Waals surface area contributed by atoms with Gasteiger partial charge in [-0.25, -0.2) is 14.4 Å². The van der Waals surface area contributed by atoms with Gasteiger partial charge in [0.25, 0.3) is 0 Å². The van der Waals surface area contributed by atoms with Crippen LogP contribution in [0, 0.1) is 0 Å². The van der Waals surface area contributed by atoms with Gasteiger partial charge >= 0.3 is 17.6 Å². The summed E-state index contributed by atoms with van der Waals surface area (Å²) in [5.41, 5.74) is -4.19. The molecule has 6 atom stereocenters. The van der Waals surface area contributed by atoms with Crippen LogP contribution in [-0.4, -0.2) is 51.4 Å². The van der Waals surface area contributed by atoms with Gasteiger partial charge in [-0.2, -0.15) is 0 Å². The van der Waals surface area contributed by atoms with Crippen LogP contribution in [0.2, 0.25) is 0 Å². The highest BCUT2D eigenvalue weighted by molar-refractivity contribution is 6.22. The van der Waals surface area contributed by atoms with Crippen LogP contribution in [0.1, 0.15) is 53.2 Å². The van der Waals surface area contributed by atoms with Crippen molar-refractivity contribution in [3.8, 4) is 5.75 Å². The molecule has 6 unspecified atom stereocenters. The smallest absolute Gasteiger partial charge is 0.341 e. The Kier molecular flexibility index (Phi) is 5.74. The number of ether oxygens (including phenoxy) is 4. The number of alkyl halides is 1. The van der Waals surface area contributed by atoms with Crippen LogP contribution in [0.25, 0.3) is 11.0 Å². The Morgan fingerprint density at radius 2 is 1.85 bits per heavy atom. The Labute approximate surface area is 200 Å². The number of esters is 2. The molecule has 2 aliphatic rings. The number of hydrogen-bond acceptors (Lipinski definition) is 9. The zero-order valence-corrected chi connectivity index (χ0v) is 20.5. The summed E-state index contributed by atoms with van der Waals surface area (Å²) in [5.74, 6) is -1.35. The molecule has 3 heterocycles. The number of hydrogen-bond donors (Lipinski definition) is 1. The van der Waals surface area contributed by atoms with E-state index in [1.54, 1.807) is 39.8 Å². The highest BCUT2D eigenvalue weighted by Gasteiger charge is 2.60. The van der Waals surface area contributed by atoms with Gasteiger partial charge in [-0.15, -0.1) is 11.6 Å². The standard InChI is InChI=1S/C24H27ClO9/c1-11(25)23(5,29)20(27)31-18-14-9-13-7-8-17(26)30-15(13)10-16(14)34-22(3,4)19(18)32-21(28)24(6)12(2)33-24/h7-12,18-19,29H,1-6H3. The first-order valence-electron chi connectivity index (χ1n) is 10.9. The molecule has 0 aliphatic carbocycles. The van der Waals surface area contributed by atoms with Crippen molar-refractivity contribution in [2.75, 3.05) is 0 Å². The second-order valence-electron chi connectivity index (χ2n) is 9.67. The molecule has 9 nitrogen and oxygen atoms in total. The lowest BCUT2D eigenvalue weighted by Gasteiger charge is -2.44. The van der Waals surface area contributed by atoms with Gasteiger partial charge in [0.1, 0.15) is 16.9 Å². The summed E-state index contributed by atoms with van der Waals surface area (Å²) >= 11 is 6.02. The van der Waals surface area contributed by atoms with Crippen molar-refractivity contribution in [2.45, 2.75) is 82.0 Å². The molecule has 1 fully saturated rings. The van der Waals surface area contributed by atoms with E-state index in [1.165, 1.54) is 26.0 Å². The van der Waals surface area contributed by atoms with Crippen LogP contribution >= 0.6 is 11.6 Å². The van der Waals surface area contributed by atoms with E-state index >= 15 is 0 Å². The highest BCUT2D eigenvalue weighted by atomic mass is 35.5. The molecule has 184 valence electrons. The maximum atomic E-state index is 13.0. The Bertz CT molecular complexity index is 1210. The van der Waals surface area contributed by atoms with Crippen molar-refractivity contribution in [3.05, 3.63) is 40.2 Å². The summed E-state index contributed by atoms with van der Waals surface area (Å²) in [6.07, 6.45) is -2.59. The molecule has 1 aromatic heterocycles. The van der Waals surface area contributed by atoms with Gasteiger partial charge in [0.2, 0.25) is 0 Å². The summed E-state index contributed by atoms with van der Waals surface area (Å²) in [6.45, 7) is 9.40. The average Bonchev–Trinajstić information content (AvgIpc) is 3.36. The third-order valence-electron chi connectivity index (χ3n) is 6.59. The van der Waals surface area contributed by atoms with Crippen LogP contribution in [0.5, 0.6) is 5.75 Å². The van der Waals surface area contributed by atoms with Gasteiger partial charge in [-0.1, -0.05) is 0 Å². The number of carbonyl (C=O) groups excluding carboxylic acids is 2. The van der Waals surface area contributed by atoms with Gasteiger partial charge in [0.05, 0.1) is 11.5 Å². The van der Waals surface area contributed by atoms with E-state index in [0.717, 1.165) is 0 Å². The number of halogens is 1. The van der Waals surface area contributed by atoms with Crippen LogP contribution in [0.15, 0.2) is 33.5 Å². The minimum atomic E-state index is -2.01. The van der Waals surface area contributed by atoms with Crippen LogP contribution < -0.4 is 10.4 Å². The molecule has 2 aromatic rings. The summed E-state index contributed by atoms with van der Waals surface area (Å²) < 4.78 is 28.4. The first-order chi connectivity index (χ1) is 15.7. The van der Waals surface area contributed by atoms with E-state index in [1.807, 2.05) is 0 Å². The predicted molar refractivity (Wildman–Crippen MR) is 121 cm³/mol. The molecule has 0 radical (unpaired) electrons. The fourth-order valence-electron chi connectivity index (χ4n) is 3.80. The minimum Gasteiger partial charge on any atom is -0.483 e. The maximum Gasteiger partial charge on any atom is 0.341 e. The Morgan fingerprint density at radius 3 is 2.44 bits per heavy atom. The van der Waals surface area contributed by atoms with Crippen molar-refractivity contribution >= 4 is 34.5 Å². The van der Waals surface area contributed by atoms with E-state index in [4.69, 9.17) is 35.0 Å². The number of fused-ring (bicyclic) bond motifs is 2. The molecule has 0 spiro atoms. The molecule has 0 amide bonds. The monoisotopic (exact) mass is 494 g/mol. The van der Waals surface area contributed by atoms with Crippen LogP contribution in [0.4, 0.5) is 0 Å². The zero-order valence-electron chi connectivity index (χ0n) is 19.7. The quantitative estimate of drug-likeness (QED) is 0.289. The van der Waals surface area contributed by atoms with E-state index < -0.39 is 52.0 Å². The fourth-order valence-corrected chi connectivity index (χ4v) is 3.89. The van der Waals surface area contributed by atoms with Gasteiger partial charge in [-0.3, -0.25) is 0 Å². The summed E-state index contributed by atoms with van der Waals surface area (Å²) in [5, 5.41) is 10.2. The Morgan fingerprint density at radius 1 is 1.21 bits per heavy atom. The molecule has 1 saturated heterocycles. The highest BCUT2D eigenvalue weighted by Crippen LogP contribution is 2.47. The van der Waals surface area contributed by atoms with E-state index in [9.17, 15) is 19.5 Å². The third-order valence-corrected chi connectivity index (χ3v) is 7.02. The molecule has 1 N–H and O–H groups in total. The van der Waals surface area contributed by atoms with Crippen LogP contribution in [0.3, 0.4) is 0 Å².